The number of hydrogen-bond acceptors (Lipinski definition) is 5. The van der Waals surface area contributed by atoms with Crippen LogP contribution in [0, 0.1) is 0 Å². The molecule has 6 nitrogen and oxygen atoms in total. The highest BCUT2D eigenvalue weighted by Crippen LogP contribution is 2.19. The van der Waals surface area contributed by atoms with Gasteiger partial charge in [0.2, 0.25) is 0 Å². The molecule has 2 heterocycles. The molecule has 2 aromatic heterocycles. The Morgan fingerprint density at radius 1 is 1.47 bits per heavy atom. The average Bonchev–Trinajstić information content (AvgIpc) is 2.70. The summed E-state index contributed by atoms with van der Waals surface area (Å²) in [5, 5.41) is 3.80. The molecule has 0 unspecified atom stereocenters. The first-order valence-electron chi connectivity index (χ1n) is 5.18. The zero-order valence-corrected chi connectivity index (χ0v) is 9.97. The van der Waals surface area contributed by atoms with E-state index in [1.807, 2.05) is 0 Å². The lowest BCUT2D eigenvalue weighted by atomic mass is 10.1. The Morgan fingerprint density at radius 2 is 2.18 bits per heavy atom. The Kier molecular flexibility index (Phi) is 2.59. The third-order valence-corrected chi connectivity index (χ3v) is 2.35. The van der Waals surface area contributed by atoms with Crippen molar-refractivity contribution in [3.05, 3.63) is 34.5 Å². The van der Waals surface area contributed by atoms with E-state index >= 15 is 0 Å². The Labute approximate surface area is 98.1 Å². The van der Waals surface area contributed by atoms with Gasteiger partial charge in [-0.05, 0) is 19.9 Å². The van der Waals surface area contributed by atoms with Crippen LogP contribution in [0.5, 0.6) is 0 Å². The van der Waals surface area contributed by atoms with E-state index in [0.717, 1.165) is 0 Å². The zero-order valence-electron chi connectivity index (χ0n) is 9.97. The van der Waals surface area contributed by atoms with Crippen LogP contribution in [0.25, 0.3) is 11.5 Å². The van der Waals surface area contributed by atoms with Crippen molar-refractivity contribution in [2.24, 2.45) is 12.8 Å². The predicted molar refractivity (Wildman–Crippen MR) is 62.2 cm³/mol. The molecule has 0 atom stereocenters. The van der Waals surface area contributed by atoms with Gasteiger partial charge >= 0.3 is 0 Å². The van der Waals surface area contributed by atoms with E-state index in [9.17, 15) is 4.79 Å². The van der Waals surface area contributed by atoms with E-state index in [2.05, 4.69) is 10.1 Å². The fourth-order valence-corrected chi connectivity index (χ4v) is 1.28. The van der Waals surface area contributed by atoms with Gasteiger partial charge in [-0.25, -0.2) is 0 Å². The van der Waals surface area contributed by atoms with Gasteiger partial charge in [0.1, 0.15) is 0 Å². The summed E-state index contributed by atoms with van der Waals surface area (Å²) in [6.07, 6.45) is 1.65. The van der Waals surface area contributed by atoms with Crippen LogP contribution in [0.2, 0.25) is 0 Å². The standard InChI is InChI=1S/C11H14N4O2/c1-11(2,12)10-13-9(17-14-10)7-4-5-15(3)8(16)6-7/h4-6H,12H2,1-3H3. The molecular weight excluding hydrogens is 220 g/mol. The van der Waals surface area contributed by atoms with Crippen LogP contribution in [-0.2, 0) is 12.6 Å². The topological polar surface area (TPSA) is 86.9 Å². The lowest BCUT2D eigenvalue weighted by Gasteiger charge is -2.11. The SMILES string of the molecule is Cn1ccc(-c2nc(C(C)(C)N)no2)cc1=O. The summed E-state index contributed by atoms with van der Waals surface area (Å²) < 4.78 is 6.55. The molecule has 90 valence electrons. The Bertz CT molecular complexity index is 592. The second-order valence-electron chi connectivity index (χ2n) is 4.51. The normalized spacial score (nSPS) is 11.8. The van der Waals surface area contributed by atoms with E-state index in [1.54, 1.807) is 33.2 Å². The molecule has 2 N–H and O–H groups in total. The highest BCUT2D eigenvalue weighted by molar-refractivity contribution is 5.51. The Morgan fingerprint density at radius 3 is 2.71 bits per heavy atom. The molecule has 0 amide bonds. The van der Waals surface area contributed by atoms with Crippen LogP contribution in [0.15, 0.2) is 27.6 Å². The van der Waals surface area contributed by atoms with Crippen LogP contribution in [0.4, 0.5) is 0 Å². The van der Waals surface area contributed by atoms with Crippen LogP contribution >= 0.6 is 0 Å². The number of aromatic nitrogens is 3. The van der Waals surface area contributed by atoms with Crippen LogP contribution < -0.4 is 11.3 Å². The Balaban J connectivity index is 2.44. The molecule has 17 heavy (non-hydrogen) atoms. The molecule has 0 saturated heterocycles. The highest BCUT2D eigenvalue weighted by Gasteiger charge is 2.22. The maximum absolute atomic E-state index is 11.5. The molecule has 0 aliphatic rings. The van der Waals surface area contributed by atoms with Gasteiger partial charge in [0, 0.05) is 24.9 Å². The summed E-state index contributed by atoms with van der Waals surface area (Å²) in [6, 6.07) is 3.18. The molecule has 0 aliphatic carbocycles. The monoisotopic (exact) mass is 234 g/mol. The number of hydrogen-bond donors (Lipinski definition) is 1. The van der Waals surface area contributed by atoms with Crippen molar-refractivity contribution in [2.45, 2.75) is 19.4 Å². The smallest absolute Gasteiger partial charge is 0.258 e. The zero-order chi connectivity index (χ0) is 12.6. The van der Waals surface area contributed by atoms with Crippen molar-refractivity contribution in [1.29, 1.82) is 0 Å². The van der Waals surface area contributed by atoms with Crippen molar-refractivity contribution in [2.75, 3.05) is 0 Å². The average molecular weight is 234 g/mol. The van der Waals surface area contributed by atoms with E-state index < -0.39 is 5.54 Å². The largest absolute Gasteiger partial charge is 0.334 e. The maximum atomic E-state index is 11.5. The molecule has 0 aromatic carbocycles. The summed E-state index contributed by atoms with van der Waals surface area (Å²) in [5.41, 5.74) is 5.65. The number of pyridine rings is 1. The minimum atomic E-state index is -0.665. The van der Waals surface area contributed by atoms with Crippen LogP contribution in [-0.4, -0.2) is 14.7 Å². The molecule has 0 radical (unpaired) electrons. The quantitative estimate of drug-likeness (QED) is 0.823. The van der Waals surface area contributed by atoms with Crippen LogP contribution in [0.1, 0.15) is 19.7 Å². The third-order valence-electron chi connectivity index (χ3n) is 2.35. The molecule has 0 bridgehead atoms. The fourth-order valence-electron chi connectivity index (χ4n) is 1.28. The highest BCUT2D eigenvalue weighted by atomic mass is 16.5. The minimum absolute atomic E-state index is 0.130. The first-order chi connectivity index (χ1) is 7.88. The van der Waals surface area contributed by atoms with E-state index in [-0.39, 0.29) is 5.56 Å². The fraction of sp³-hybridized carbons (Fsp3) is 0.364. The molecule has 2 aromatic rings. The van der Waals surface area contributed by atoms with Gasteiger partial charge < -0.3 is 14.8 Å². The van der Waals surface area contributed by atoms with Crippen molar-refractivity contribution in [3.63, 3.8) is 0 Å². The van der Waals surface area contributed by atoms with Gasteiger partial charge in [0.05, 0.1) is 5.54 Å². The van der Waals surface area contributed by atoms with Crippen LogP contribution in [0.3, 0.4) is 0 Å². The van der Waals surface area contributed by atoms with Crippen molar-refractivity contribution < 1.29 is 4.52 Å². The summed E-state index contributed by atoms with van der Waals surface area (Å²) in [7, 11) is 1.67. The number of nitrogens with two attached hydrogens (primary N) is 1. The van der Waals surface area contributed by atoms with Gasteiger partial charge in [-0.15, -0.1) is 0 Å². The molecule has 0 aliphatic heterocycles. The van der Waals surface area contributed by atoms with Gasteiger partial charge in [-0.1, -0.05) is 5.16 Å². The Hall–Kier alpha value is -1.95. The number of aryl methyl sites for hydroxylation is 1. The summed E-state index contributed by atoms with van der Waals surface area (Å²) in [4.78, 5) is 15.6. The first-order valence-corrected chi connectivity index (χ1v) is 5.18. The van der Waals surface area contributed by atoms with E-state index in [0.29, 0.717) is 17.3 Å². The van der Waals surface area contributed by atoms with Gasteiger partial charge in [0.25, 0.3) is 11.4 Å². The molecule has 6 heteroatoms. The molecule has 0 saturated carbocycles. The lowest BCUT2D eigenvalue weighted by Crippen LogP contribution is -2.30. The molecular formula is C11H14N4O2. The van der Waals surface area contributed by atoms with Gasteiger partial charge in [-0.3, -0.25) is 4.79 Å². The minimum Gasteiger partial charge on any atom is -0.334 e. The molecule has 2 rings (SSSR count). The molecule has 0 spiro atoms. The summed E-state index contributed by atoms with van der Waals surface area (Å²) in [6.45, 7) is 3.57. The second kappa shape index (κ2) is 3.81. The summed E-state index contributed by atoms with van der Waals surface area (Å²) in [5.74, 6) is 0.712. The van der Waals surface area contributed by atoms with Crippen molar-refractivity contribution >= 4 is 0 Å². The number of rotatable bonds is 2. The first kappa shape index (κ1) is 11.5. The second-order valence-corrected chi connectivity index (χ2v) is 4.51. The summed E-state index contributed by atoms with van der Waals surface area (Å²) >= 11 is 0. The third kappa shape index (κ3) is 2.26. The molecule has 0 fully saturated rings. The predicted octanol–water partition coefficient (Wildman–Crippen LogP) is 0.629. The lowest BCUT2D eigenvalue weighted by molar-refractivity contribution is 0.397. The van der Waals surface area contributed by atoms with E-state index in [4.69, 9.17) is 10.3 Å². The number of nitrogens with zero attached hydrogens (tertiary/aromatic N) is 3. The maximum Gasteiger partial charge on any atom is 0.258 e. The van der Waals surface area contributed by atoms with Crippen molar-refractivity contribution in [3.8, 4) is 11.5 Å². The van der Waals surface area contributed by atoms with Gasteiger partial charge in [0.15, 0.2) is 5.82 Å². The van der Waals surface area contributed by atoms with Crippen molar-refractivity contribution in [1.82, 2.24) is 14.7 Å². The van der Waals surface area contributed by atoms with E-state index in [1.165, 1.54) is 10.6 Å². The van der Waals surface area contributed by atoms with Gasteiger partial charge in [-0.2, -0.15) is 4.98 Å².